The van der Waals surface area contributed by atoms with E-state index in [9.17, 15) is 40.8 Å². The van der Waals surface area contributed by atoms with Crippen molar-refractivity contribution in [1.29, 1.82) is 0 Å². The van der Waals surface area contributed by atoms with Crippen LogP contribution in [0.5, 0.6) is 0 Å². The van der Waals surface area contributed by atoms with Gasteiger partial charge in [0.1, 0.15) is 11.5 Å². The van der Waals surface area contributed by atoms with Crippen LogP contribution in [0.25, 0.3) is 17.1 Å². The van der Waals surface area contributed by atoms with Crippen LogP contribution in [0, 0.1) is 22.9 Å². The number of aryl methyl sites for hydroxylation is 1. The first-order chi connectivity index (χ1) is 14.8. The SMILES string of the molecule is Cc1cc(F)c(-n2nc(C(F)(F)F)nc2-c2ccccc2[N+](=O)[O-])cc1SCC(F)(F)F. The minimum atomic E-state index is -5.07. The van der Waals surface area contributed by atoms with Crippen molar-refractivity contribution in [2.75, 3.05) is 5.75 Å². The van der Waals surface area contributed by atoms with Crippen molar-refractivity contribution >= 4 is 17.4 Å². The van der Waals surface area contributed by atoms with Gasteiger partial charge < -0.3 is 0 Å². The third-order valence-corrected chi connectivity index (χ3v) is 5.29. The second-order valence-electron chi connectivity index (χ2n) is 6.42. The highest BCUT2D eigenvalue weighted by molar-refractivity contribution is 7.99. The van der Waals surface area contributed by atoms with Crippen LogP contribution < -0.4 is 0 Å². The molecule has 2 aromatic carbocycles. The summed E-state index contributed by atoms with van der Waals surface area (Å²) in [4.78, 5) is 13.7. The fourth-order valence-electron chi connectivity index (χ4n) is 2.72. The van der Waals surface area contributed by atoms with Crippen LogP contribution >= 0.6 is 11.8 Å². The van der Waals surface area contributed by atoms with E-state index in [1.54, 1.807) is 0 Å². The predicted octanol–water partition coefficient (Wildman–Crippen LogP) is 5.96. The highest BCUT2D eigenvalue weighted by Crippen LogP contribution is 2.36. The summed E-state index contributed by atoms with van der Waals surface area (Å²) in [6.45, 7) is 1.33. The minimum Gasteiger partial charge on any atom is -0.258 e. The highest BCUT2D eigenvalue weighted by Gasteiger charge is 2.38. The van der Waals surface area contributed by atoms with Crippen molar-refractivity contribution in [1.82, 2.24) is 14.8 Å². The van der Waals surface area contributed by atoms with Gasteiger partial charge in [-0.05, 0) is 30.7 Å². The van der Waals surface area contributed by atoms with Crippen LogP contribution in [0.1, 0.15) is 11.4 Å². The molecule has 0 amide bonds. The van der Waals surface area contributed by atoms with E-state index in [2.05, 4.69) is 10.1 Å². The first kappa shape index (κ1) is 23.5. The largest absolute Gasteiger partial charge is 0.453 e. The van der Waals surface area contributed by atoms with Gasteiger partial charge >= 0.3 is 12.4 Å². The molecule has 0 N–H and O–H groups in total. The van der Waals surface area contributed by atoms with E-state index in [1.807, 2.05) is 0 Å². The molecule has 3 aromatic rings. The van der Waals surface area contributed by atoms with Crippen molar-refractivity contribution in [3.63, 3.8) is 0 Å². The summed E-state index contributed by atoms with van der Waals surface area (Å²) in [5.41, 5.74) is -1.53. The molecule has 0 atom stereocenters. The smallest absolute Gasteiger partial charge is 0.258 e. The highest BCUT2D eigenvalue weighted by atomic mass is 32.2. The topological polar surface area (TPSA) is 73.8 Å². The number of para-hydroxylation sites is 1. The minimum absolute atomic E-state index is 0.0590. The lowest BCUT2D eigenvalue weighted by atomic mass is 10.1. The molecular formula is C18H11F7N4O2S. The summed E-state index contributed by atoms with van der Waals surface area (Å²) in [7, 11) is 0. The molecule has 1 aromatic heterocycles. The number of aromatic nitrogens is 3. The monoisotopic (exact) mass is 480 g/mol. The Morgan fingerprint density at radius 1 is 1.12 bits per heavy atom. The lowest BCUT2D eigenvalue weighted by Crippen LogP contribution is -2.11. The average Bonchev–Trinajstić information content (AvgIpc) is 3.12. The van der Waals surface area contributed by atoms with E-state index in [1.165, 1.54) is 19.1 Å². The Hall–Kier alpha value is -3.16. The van der Waals surface area contributed by atoms with Crippen molar-refractivity contribution in [3.05, 3.63) is 63.7 Å². The van der Waals surface area contributed by atoms with Gasteiger partial charge in [0.05, 0.1) is 16.2 Å². The van der Waals surface area contributed by atoms with Gasteiger partial charge in [-0.25, -0.2) is 14.1 Å². The van der Waals surface area contributed by atoms with Gasteiger partial charge in [0.25, 0.3) is 11.5 Å². The summed E-state index contributed by atoms with van der Waals surface area (Å²) >= 11 is 0.310. The lowest BCUT2D eigenvalue weighted by Gasteiger charge is -2.13. The lowest BCUT2D eigenvalue weighted by molar-refractivity contribution is -0.384. The molecule has 3 rings (SSSR count). The summed E-state index contributed by atoms with van der Waals surface area (Å²) in [5.74, 6) is -4.81. The van der Waals surface area contributed by atoms with E-state index < -0.39 is 51.9 Å². The maximum Gasteiger partial charge on any atom is 0.453 e. The van der Waals surface area contributed by atoms with Crippen molar-refractivity contribution in [2.24, 2.45) is 0 Å². The maximum absolute atomic E-state index is 14.7. The Morgan fingerprint density at radius 3 is 2.38 bits per heavy atom. The molecule has 0 bridgehead atoms. The third kappa shape index (κ3) is 5.00. The predicted molar refractivity (Wildman–Crippen MR) is 99.9 cm³/mol. The van der Waals surface area contributed by atoms with Crippen LogP contribution in [0.15, 0.2) is 41.3 Å². The molecule has 0 radical (unpaired) electrons. The van der Waals surface area contributed by atoms with Crippen molar-refractivity contribution in [2.45, 2.75) is 24.2 Å². The molecule has 6 nitrogen and oxygen atoms in total. The number of halogens is 7. The van der Waals surface area contributed by atoms with Crippen LogP contribution in [0.3, 0.4) is 0 Å². The van der Waals surface area contributed by atoms with E-state index in [0.717, 1.165) is 24.3 Å². The van der Waals surface area contributed by atoms with Crippen LogP contribution in [-0.2, 0) is 6.18 Å². The molecule has 170 valence electrons. The normalized spacial score (nSPS) is 12.2. The Labute approximate surface area is 179 Å². The molecule has 0 aliphatic rings. The van der Waals surface area contributed by atoms with Gasteiger partial charge in [-0.1, -0.05) is 12.1 Å². The number of hydrogen-bond donors (Lipinski definition) is 0. The molecule has 0 unspecified atom stereocenters. The molecule has 14 heteroatoms. The average molecular weight is 480 g/mol. The molecule has 0 aliphatic heterocycles. The number of benzene rings is 2. The number of nitrogens with zero attached hydrogens (tertiary/aromatic N) is 4. The van der Waals surface area contributed by atoms with E-state index in [4.69, 9.17) is 0 Å². The number of nitro benzene ring substituents is 1. The van der Waals surface area contributed by atoms with Gasteiger partial charge in [0.15, 0.2) is 5.82 Å². The number of rotatable bonds is 5. The van der Waals surface area contributed by atoms with E-state index in [-0.39, 0.29) is 16.0 Å². The fraction of sp³-hybridized carbons (Fsp3) is 0.222. The second kappa shape index (κ2) is 8.41. The van der Waals surface area contributed by atoms with Crippen LogP contribution in [-0.4, -0.2) is 31.6 Å². The molecule has 1 heterocycles. The van der Waals surface area contributed by atoms with Crippen molar-refractivity contribution in [3.8, 4) is 17.1 Å². The Bertz CT molecular complexity index is 1180. The van der Waals surface area contributed by atoms with E-state index >= 15 is 0 Å². The number of nitro groups is 1. The Kier molecular flexibility index (Phi) is 6.18. The van der Waals surface area contributed by atoms with Gasteiger partial charge in [0.2, 0.25) is 0 Å². The first-order valence-corrected chi connectivity index (χ1v) is 9.54. The van der Waals surface area contributed by atoms with Gasteiger partial charge in [-0.15, -0.1) is 16.9 Å². The molecule has 0 saturated heterocycles. The summed E-state index contributed by atoms with van der Waals surface area (Å²) in [6.07, 6.45) is -9.61. The van der Waals surface area contributed by atoms with Crippen LogP contribution in [0.4, 0.5) is 36.4 Å². The summed E-state index contributed by atoms with van der Waals surface area (Å²) in [6, 6.07) is 6.42. The number of thioether (sulfide) groups is 1. The quantitative estimate of drug-likeness (QED) is 0.195. The zero-order valence-corrected chi connectivity index (χ0v) is 16.6. The van der Waals surface area contributed by atoms with Crippen molar-refractivity contribution < 1.29 is 35.7 Å². The zero-order chi connectivity index (χ0) is 23.8. The molecule has 0 saturated carbocycles. The maximum atomic E-state index is 14.7. The second-order valence-corrected chi connectivity index (χ2v) is 7.43. The number of alkyl halides is 6. The zero-order valence-electron chi connectivity index (χ0n) is 15.8. The fourth-order valence-corrected chi connectivity index (χ4v) is 3.52. The summed E-state index contributed by atoms with van der Waals surface area (Å²) in [5, 5.41) is 14.6. The molecule has 0 aliphatic carbocycles. The standard InChI is InChI=1S/C18H11F7N4O2S/c1-9-6-11(19)13(7-14(9)32-8-17(20,21)22)28-15(26-16(27-28)18(23,24)25)10-4-2-3-5-12(10)29(30)31/h2-7H,8H2,1H3. The number of hydrogen-bond acceptors (Lipinski definition) is 5. The molecule has 32 heavy (non-hydrogen) atoms. The molecule has 0 spiro atoms. The Morgan fingerprint density at radius 2 is 1.78 bits per heavy atom. The summed E-state index contributed by atoms with van der Waals surface area (Å²) < 4.78 is 92.7. The van der Waals surface area contributed by atoms with Crippen LogP contribution in [0.2, 0.25) is 0 Å². The molecular weight excluding hydrogens is 469 g/mol. The first-order valence-electron chi connectivity index (χ1n) is 8.56. The van der Waals surface area contributed by atoms with Gasteiger partial charge in [-0.3, -0.25) is 10.1 Å². The van der Waals surface area contributed by atoms with Gasteiger partial charge in [-0.2, -0.15) is 26.3 Å². The third-order valence-electron chi connectivity index (χ3n) is 4.07. The molecule has 0 fully saturated rings. The van der Waals surface area contributed by atoms with Gasteiger partial charge in [0, 0.05) is 11.0 Å². The Balaban J connectivity index is 2.24. The van der Waals surface area contributed by atoms with E-state index in [0.29, 0.717) is 16.4 Å².